The molecular weight excluding hydrogens is 363 g/mol. The highest BCUT2D eigenvalue weighted by Gasteiger charge is 2.35. The number of methoxy groups -OCH3 is 1. The van der Waals surface area contributed by atoms with E-state index < -0.39 is 32.9 Å². The van der Waals surface area contributed by atoms with Gasteiger partial charge in [0.25, 0.3) is 5.69 Å². The number of carbonyl (C=O) groups excluding carboxylic acids is 2. The molecule has 1 aromatic rings. The summed E-state index contributed by atoms with van der Waals surface area (Å²) >= 11 is 0. The van der Waals surface area contributed by atoms with Crippen LogP contribution in [0.1, 0.15) is 12.8 Å². The van der Waals surface area contributed by atoms with Crippen LogP contribution in [0.4, 0.5) is 5.69 Å². The first-order valence-corrected chi connectivity index (χ1v) is 9.06. The van der Waals surface area contributed by atoms with E-state index in [0.29, 0.717) is 12.6 Å². The van der Waals surface area contributed by atoms with Crippen LogP contribution in [0, 0.1) is 16.0 Å². The number of esters is 1. The van der Waals surface area contributed by atoms with E-state index in [4.69, 9.17) is 4.74 Å². The molecule has 9 nitrogen and oxygen atoms in total. The van der Waals surface area contributed by atoms with Crippen LogP contribution >= 0.6 is 0 Å². The maximum Gasteiger partial charge on any atom is 0.312 e. The Hall–Kier alpha value is -2.53. The molecule has 1 aromatic carbocycles. The SMILES string of the molecule is COC(=O)[C@@H]1CC=C[C@@H](N([B]C=O)S(=O)(=O)c2ccc([N+](=O)[O-])cc2)C1. The topological polar surface area (TPSA) is 124 Å². The molecule has 0 unspecified atom stereocenters. The highest BCUT2D eigenvalue weighted by Crippen LogP contribution is 2.28. The predicted octanol–water partition coefficient (Wildman–Crippen LogP) is 0.903. The Balaban J connectivity index is 2.34. The second-order valence-electron chi connectivity index (χ2n) is 5.56. The van der Waals surface area contributed by atoms with Crippen LogP contribution in [0.15, 0.2) is 41.3 Å². The Labute approximate surface area is 151 Å². The molecule has 0 heterocycles. The van der Waals surface area contributed by atoms with E-state index in [2.05, 4.69) is 0 Å². The first-order chi connectivity index (χ1) is 12.3. The number of ether oxygens (including phenoxy) is 1. The van der Waals surface area contributed by atoms with Crippen LogP contribution < -0.4 is 0 Å². The summed E-state index contributed by atoms with van der Waals surface area (Å²) in [6.45, 7) is 0. The Morgan fingerprint density at radius 3 is 2.58 bits per heavy atom. The fourth-order valence-electron chi connectivity index (χ4n) is 2.70. The third-order valence-electron chi connectivity index (χ3n) is 4.00. The van der Waals surface area contributed by atoms with Crippen molar-refractivity contribution in [1.82, 2.24) is 4.22 Å². The van der Waals surface area contributed by atoms with Gasteiger partial charge < -0.3 is 9.53 Å². The second-order valence-corrected chi connectivity index (χ2v) is 7.40. The summed E-state index contributed by atoms with van der Waals surface area (Å²) in [4.78, 5) is 32.6. The predicted molar refractivity (Wildman–Crippen MR) is 92.3 cm³/mol. The molecule has 2 atom stereocenters. The van der Waals surface area contributed by atoms with E-state index >= 15 is 0 Å². The van der Waals surface area contributed by atoms with Crippen molar-refractivity contribution in [3.63, 3.8) is 0 Å². The number of nitrogens with zero attached hydrogens (tertiary/aromatic N) is 2. The summed E-state index contributed by atoms with van der Waals surface area (Å²) in [7, 11) is -2.03. The van der Waals surface area contributed by atoms with Gasteiger partial charge in [0.05, 0.1) is 29.0 Å². The lowest BCUT2D eigenvalue weighted by Gasteiger charge is -2.31. The van der Waals surface area contributed by atoms with Gasteiger partial charge in [-0.1, -0.05) is 12.2 Å². The summed E-state index contributed by atoms with van der Waals surface area (Å²) in [5, 5.41) is 10.7. The Morgan fingerprint density at radius 1 is 1.38 bits per heavy atom. The number of sulfonamides is 1. The number of benzene rings is 1. The maximum atomic E-state index is 12.9. The Bertz CT molecular complexity index is 823. The van der Waals surface area contributed by atoms with Gasteiger partial charge in [-0.25, -0.2) is 12.6 Å². The molecule has 0 bridgehead atoms. The molecule has 11 heteroatoms. The van der Waals surface area contributed by atoms with Gasteiger partial charge in [-0.15, -0.1) is 0 Å². The van der Waals surface area contributed by atoms with Crippen molar-refractivity contribution in [3.8, 4) is 0 Å². The molecule has 0 saturated heterocycles. The highest BCUT2D eigenvalue weighted by molar-refractivity contribution is 7.90. The lowest BCUT2D eigenvalue weighted by molar-refractivity contribution is -0.384. The minimum Gasteiger partial charge on any atom is -0.469 e. The van der Waals surface area contributed by atoms with E-state index in [1.807, 2.05) is 0 Å². The van der Waals surface area contributed by atoms with Gasteiger partial charge in [-0.3, -0.25) is 14.9 Å². The molecule has 0 amide bonds. The minimum atomic E-state index is -4.14. The average Bonchev–Trinajstić information content (AvgIpc) is 2.65. The molecular formula is C15H16BN2O7S. The third-order valence-corrected chi connectivity index (χ3v) is 5.81. The summed E-state index contributed by atoms with van der Waals surface area (Å²) in [6, 6.07) is 3.59. The first-order valence-electron chi connectivity index (χ1n) is 7.62. The van der Waals surface area contributed by atoms with Crippen molar-refractivity contribution < 1.29 is 27.7 Å². The number of hydrogen-bond acceptors (Lipinski definition) is 7. The molecule has 1 aliphatic carbocycles. The zero-order valence-corrected chi connectivity index (χ0v) is 14.7. The van der Waals surface area contributed by atoms with Crippen molar-refractivity contribution in [2.45, 2.75) is 23.8 Å². The van der Waals surface area contributed by atoms with Crippen LogP contribution in [0.2, 0.25) is 0 Å². The van der Waals surface area contributed by atoms with Crippen LogP contribution in [0.5, 0.6) is 0 Å². The highest BCUT2D eigenvalue weighted by atomic mass is 32.2. The molecule has 137 valence electrons. The molecule has 0 fully saturated rings. The van der Waals surface area contributed by atoms with Crippen LogP contribution in [-0.2, 0) is 24.3 Å². The fourth-order valence-corrected chi connectivity index (χ4v) is 4.15. The number of nitro groups is 1. The van der Waals surface area contributed by atoms with E-state index in [-0.39, 0.29) is 17.0 Å². The quantitative estimate of drug-likeness (QED) is 0.172. The lowest BCUT2D eigenvalue weighted by Crippen LogP contribution is -2.45. The van der Waals surface area contributed by atoms with E-state index in [1.165, 1.54) is 7.11 Å². The number of allylic oxidation sites excluding steroid dienone is 1. The number of hydrogen-bond donors (Lipinski definition) is 0. The number of carbonyl (C=O) groups is 2. The zero-order chi connectivity index (χ0) is 19.3. The van der Waals surface area contributed by atoms with E-state index in [1.54, 1.807) is 12.2 Å². The molecule has 2 rings (SSSR count). The van der Waals surface area contributed by atoms with E-state index in [0.717, 1.165) is 35.9 Å². The summed E-state index contributed by atoms with van der Waals surface area (Å²) in [5.41, 5.74) is -0.252. The molecule has 0 aliphatic heterocycles. The third kappa shape index (κ3) is 4.17. The normalized spacial score (nSPS) is 19.8. The second kappa shape index (κ2) is 8.24. The molecule has 26 heavy (non-hydrogen) atoms. The van der Waals surface area contributed by atoms with Gasteiger partial charge in [0.1, 0.15) is 0 Å². The number of rotatable bonds is 7. The van der Waals surface area contributed by atoms with Crippen LogP contribution in [0.25, 0.3) is 0 Å². The average molecular weight is 379 g/mol. The van der Waals surface area contributed by atoms with Gasteiger partial charge in [0.2, 0.25) is 10.0 Å². The van der Waals surface area contributed by atoms with Crippen molar-refractivity contribution in [2.24, 2.45) is 5.92 Å². The molecule has 1 aliphatic rings. The fraction of sp³-hybridized carbons (Fsp3) is 0.333. The van der Waals surface area contributed by atoms with Crippen LogP contribution in [-0.4, -0.2) is 50.3 Å². The standard InChI is InChI=1S/C15H16BN2O7S/c1-25-15(20)11-3-2-4-13(9-11)17(16-10-19)26(23,24)14-7-5-12(6-8-14)18(21)22/h2,4-8,10-11,13H,3,9H2,1H3/t11-,13-/m1/s1. The zero-order valence-electron chi connectivity index (χ0n) is 13.8. The molecule has 1 radical (unpaired) electrons. The molecule has 0 aromatic heterocycles. The Kier molecular flexibility index (Phi) is 6.27. The van der Waals surface area contributed by atoms with Gasteiger partial charge in [-0.05, 0) is 25.0 Å². The van der Waals surface area contributed by atoms with Gasteiger partial charge in [-0.2, -0.15) is 0 Å². The number of nitro benzene ring substituents is 1. The minimum absolute atomic E-state index is 0.153. The number of non-ortho nitro benzene ring substituents is 1. The van der Waals surface area contributed by atoms with Crippen molar-refractivity contribution >= 4 is 35.3 Å². The molecule has 0 N–H and O–H groups in total. The van der Waals surface area contributed by atoms with Crippen molar-refractivity contribution in [3.05, 3.63) is 46.5 Å². The maximum absolute atomic E-state index is 12.9. The van der Waals surface area contributed by atoms with E-state index in [9.17, 15) is 28.1 Å². The summed E-state index contributed by atoms with van der Waals surface area (Å²) < 4.78 is 31.3. The van der Waals surface area contributed by atoms with Gasteiger partial charge in [0.15, 0.2) is 0 Å². The molecule has 0 spiro atoms. The smallest absolute Gasteiger partial charge is 0.312 e. The molecule has 0 saturated carbocycles. The first kappa shape index (κ1) is 19.8. The van der Waals surface area contributed by atoms with Crippen molar-refractivity contribution in [2.75, 3.05) is 7.11 Å². The van der Waals surface area contributed by atoms with Gasteiger partial charge >= 0.3 is 13.4 Å². The largest absolute Gasteiger partial charge is 0.469 e. The van der Waals surface area contributed by atoms with Gasteiger partial charge in [0, 0.05) is 18.2 Å². The lowest BCUT2D eigenvalue weighted by atomic mass is 9.87. The Morgan fingerprint density at radius 2 is 2.04 bits per heavy atom. The monoisotopic (exact) mass is 379 g/mol. The van der Waals surface area contributed by atoms with Crippen molar-refractivity contribution in [1.29, 1.82) is 0 Å². The summed E-state index contributed by atoms with van der Waals surface area (Å²) in [6.07, 6.45) is 4.16. The summed E-state index contributed by atoms with van der Waals surface area (Å²) in [5.74, 6) is -0.984. The van der Waals surface area contributed by atoms with Crippen LogP contribution in [0.3, 0.4) is 0 Å².